The van der Waals surface area contributed by atoms with Gasteiger partial charge >= 0.3 is 0 Å². The van der Waals surface area contributed by atoms with Gasteiger partial charge in [-0.15, -0.1) is 0 Å². The standard InChI is InChI=1S/C26H37N3O6/c1-6-16(14-30)29-21(23(32)28-25(3,4)5)26-13-12-18(35-26)19(20(26)24(29)33)22(31)27-15-8-10-17(11-9-15)34-7-2/h8-11,16,18-21,30H,6-7,12-14H2,1-5H3,(H,27,31)(H,28,32)/t16-,18+,19-,20-,21?,26?/m0/s1. The molecule has 3 aliphatic rings. The van der Waals surface area contributed by atoms with E-state index in [1.807, 2.05) is 34.6 Å². The van der Waals surface area contributed by atoms with E-state index in [1.54, 1.807) is 24.3 Å². The molecule has 3 N–H and O–H groups in total. The zero-order valence-electron chi connectivity index (χ0n) is 21.2. The summed E-state index contributed by atoms with van der Waals surface area (Å²) in [5.74, 6) is -1.69. The molecule has 3 fully saturated rings. The summed E-state index contributed by atoms with van der Waals surface area (Å²) >= 11 is 0. The zero-order chi connectivity index (χ0) is 25.5. The van der Waals surface area contributed by atoms with Gasteiger partial charge in [-0.2, -0.15) is 0 Å². The summed E-state index contributed by atoms with van der Waals surface area (Å²) in [6.45, 7) is 9.69. The lowest BCUT2D eigenvalue weighted by Crippen LogP contribution is -2.60. The normalized spacial score (nSPS) is 30.2. The van der Waals surface area contributed by atoms with Crippen LogP contribution in [0.4, 0.5) is 5.69 Å². The van der Waals surface area contributed by atoms with Crippen LogP contribution in [0.3, 0.4) is 0 Å². The predicted molar refractivity (Wildman–Crippen MR) is 130 cm³/mol. The molecule has 35 heavy (non-hydrogen) atoms. The van der Waals surface area contributed by atoms with Gasteiger partial charge in [0.05, 0.1) is 37.2 Å². The summed E-state index contributed by atoms with van der Waals surface area (Å²) in [5.41, 5.74) is -0.996. The number of benzene rings is 1. The molecular formula is C26H37N3O6. The summed E-state index contributed by atoms with van der Waals surface area (Å²) in [6, 6.07) is 5.64. The van der Waals surface area contributed by atoms with E-state index in [9.17, 15) is 19.5 Å². The number of amides is 3. The summed E-state index contributed by atoms with van der Waals surface area (Å²) < 4.78 is 11.9. The van der Waals surface area contributed by atoms with Crippen molar-refractivity contribution in [2.45, 2.75) is 83.2 Å². The largest absolute Gasteiger partial charge is 0.494 e. The fraction of sp³-hybridized carbons (Fsp3) is 0.654. The molecule has 9 nitrogen and oxygen atoms in total. The first-order valence-electron chi connectivity index (χ1n) is 12.5. The molecule has 4 rings (SSSR count). The fourth-order valence-electron chi connectivity index (χ4n) is 5.96. The van der Waals surface area contributed by atoms with Gasteiger partial charge in [-0.1, -0.05) is 6.92 Å². The summed E-state index contributed by atoms with van der Waals surface area (Å²) in [7, 11) is 0. The summed E-state index contributed by atoms with van der Waals surface area (Å²) in [5, 5.41) is 16.0. The van der Waals surface area contributed by atoms with Gasteiger partial charge in [0.2, 0.25) is 17.7 Å². The van der Waals surface area contributed by atoms with Crippen molar-refractivity contribution in [1.29, 1.82) is 0 Å². The van der Waals surface area contributed by atoms with Gasteiger partial charge in [0.25, 0.3) is 0 Å². The van der Waals surface area contributed by atoms with Crippen LogP contribution in [0, 0.1) is 11.8 Å². The number of aliphatic hydroxyl groups excluding tert-OH is 1. The van der Waals surface area contributed by atoms with Gasteiger partial charge in [-0.3, -0.25) is 14.4 Å². The second-order valence-electron chi connectivity index (χ2n) is 10.7. The van der Waals surface area contributed by atoms with Crippen molar-refractivity contribution in [3.63, 3.8) is 0 Å². The molecule has 9 heteroatoms. The number of ether oxygens (including phenoxy) is 2. The molecule has 192 valence electrons. The van der Waals surface area contributed by atoms with Crippen molar-refractivity contribution >= 4 is 23.4 Å². The number of nitrogens with one attached hydrogen (secondary N) is 2. The Morgan fingerprint density at radius 1 is 1.23 bits per heavy atom. The van der Waals surface area contributed by atoms with Gasteiger partial charge in [0, 0.05) is 11.2 Å². The van der Waals surface area contributed by atoms with Gasteiger partial charge in [-0.25, -0.2) is 0 Å². The van der Waals surface area contributed by atoms with Crippen LogP contribution in [0.5, 0.6) is 5.75 Å². The topological polar surface area (TPSA) is 117 Å². The number of hydrogen-bond donors (Lipinski definition) is 3. The number of anilines is 1. The first-order chi connectivity index (χ1) is 16.6. The van der Waals surface area contributed by atoms with E-state index >= 15 is 0 Å². The van der Waals surface area contributed by atoms with Crippen LogP contribution in [0.25, 0.3) is 0 Å². The molecule has 3 heterocycles. The van der Waals surface area contributed by atoms with E-state index in [0.717, 1.165) is 0 Å². The highest BCUT2D eigenvalue weighted by molar-refractivity contribution is 6.02. The quantitative estimate of drug-likeness (QED) is 0.517. The van der Waals surface area contributed by atoms with Crippen LogP contribution in [-0.4, -0.2) is 70.3 Å². The minimum absolute atomic E-state index is 0.267. The van der Waals surface area contributed by atoms with Crippen LogP contribution >= 0.6 is 0 Å². The number of carbonyl (C=O) groups excluding carboxylic acids is 3. The van der Waals surface area contributed by atoms with E-state index in [0.29, 0.717) is 37.3 Å². The van der Waals surface area contributed by atoms with Crippen LogP contribution in [0.1, 0.15) is 53.9 Å². The third-order valence-electron chi connectivity index (χ3n) is 7.30. The van der Waals surface area contributed by atoms with E-state index in [-0.39, 0.29) is 24.3 Å². The predicted octanol–water partition coefficient (Wildman–Crippen LogP) is 2.08. The van der Waals surface area contributed by atoms with Gasteiger partial charge < -0.3 is 30.1 Å². The Balaban J connectivity index is 1.65. The van der Waals surface area contributed by atoms with Gasteiger partial charge in [-0.05, 0) is 71.2 Å². The molecule has 1 spiro atoms. The van der Waals surface area contributed by atoms with Crippen molar-refractivity contribution in [2.24, 2.45) is 11.8 Å². The number of nitrogens with zero attached hydrogens (tertiary/aromatic N) is 1. The molecule has 6 atom stereocenters. The lowest BCUT2D eigenvalue weighted by Gasteiger charge is -2.38. The summed E-state index contributed by atoms with van der Waals surface area (Å²) in [4.78, 5) is 42.4. The number of carbonyl (C=O) groups is 3. The second kappa shape index (κ2) is 9.43. The van der Waals surface area contributed by atoms with Crippen molar-refractivity contribution in [1.82, 2.24) is 10.2 Å². The lowest BCUT2D eigenvalue weighted by atomic mass is 9.70. The lowest BCUT2D eigenvalue weighted by molar-refractivity contribution is -0.145. The van der Waals surface area contributed by atoms with E-state index in [2.05, 4.69) is 10.6 Å². The van der Waals surface area contributed by atoms with Crippen LogP contribution in [0.2, 0.25) is 0 Å². The minimum Gasteiger partial charge on any atom is -0.494 e. The summed E-state index contributed by atoms with van der Waals surface area (Å²) in [6.07, 6.45) is 1.15. The molecule has 1 aromatic rings. The monoisotopic (exact) mass is 487 g/mol. The Hall–Kier alpha value is -2.65. The minimum atomic E-state index is -1.08. The van der Waals surface area contributed by atoms with Gasteiger partial charge in [0.1, 0.15) is 17.4 Å². The number of rotatable bonds is 8. The Morgan fingerprint density at radius 2 is 1.91 bits per heavy atom. The molecule has 0 radical (unpaired) electrons. The SMILES string of the molecule is CCOc1ccc(NC(=O)[C@@H]2[C@H]3C(=O)N([C@@H](CC)CO)C(C(=O)NC(C)(C)C)C34CC[C@H]2O4)cc1. The average Bonchev–Trinajstić information content (AvgIpc) is 3.43. The Labute approximate surface area is 206 Å². The number of likely N-dealkylation sites (tertiary alicyclic amines) is 1. The van der Waals surface area contributed by atoms with Crippen LogP contribution in [-0.2, 0) is 19.1 Å². The molecule has 2 bridgehead atoms. The molecule has 3 aliphatic heterocycles. The molecule has 0 saturated carbocycles. The highest BCUT2D eigenvalue weighted by atomic mass is 16.5. The molecule has 3 saturated heterocycles. The molecule has 0 aliphatic carbocycles. The number of fused-ring (bicyclic) bond motifs is 1. The molecule has 1 aromatic carbocycles. The zero-order valence-corrected chi connectivity index (χ0v) is 21.2. The Bertz CT molecular complexity index is 970. The highest BCUT2D eigenvalue weighted by Gasteiger charge is 2.75. The van der Waals surface area contributed by atoms with E-state index in [1.165, 1.54) is 4.90 Å². The Morgan fingerprint density at radius 3 is 2.49 bits per heavy atom. The van der Waals surface area contributed by atoms with Crippen molar-refractivity contribution in [3.05, 3.63) is 24.3 Å². The number of hydrogen-bond acceptors (Lipinski definition) is 6. The third-order valence-corrected chi connectivity index (χ3v) is 7.30. The third kappa shape index (κ3) is 4.40. The average molecular weight is 488 g/mol. The van der Waals surface area contributed by atoms with E-state index < -0.39 is 41.2 Å². The highest BCUT2D eigenvalue weighted by Crippen LogP contribution is 2.59. The second-order valence-corrected chi connectivity index (χ2v) is 10.7. The van der Waals surface area contributed by atoms with E-state index in [4.69, 9.17) is 9.47 Å². The van der Waals surface area contributed by atoms with Crippen LogP contribution < -0.4 is 15.4 Å². The van der Waals surface area contributed by atoms with Crippen molar-refractivity contribution in [2.75, 3.05) is 18.5 Å². The smallest absolute Gasteiger partial charge is 0.246 e. The van der Waals surface area contributed by atoms with Gasteiger partial charge in [0.15, 0.2) is 0 Å². The maximum atomic E-state index is 13.9. The van der Waals surface area contributed by atoms with Crippen LogP contribution in [0.15, 0.2) is 24.3 Å². The molecular weight excluding hydrogens is 450 g/mol. The maximum Gasteiger partial charge on any atom is 0.246 e. The molecule has 3 amide bonds. The Kier molecular flexibility index (Phi) is 6.85. The maximum absolute atomic E-state index is 13.9. The molecule has 2 unspecified atom stereocenters. The van der Waals surface area contributed by atoms with Crippen molar-refractivity contribution < 1.29 is 29.0 Å². The molecule has 0 aromatic heterocycles. The number of aliphatic hydroxyl groups is 1. The first kappa shape index (κ1) is 25.4. The first-order valence-corrected chi connectivity index (χ1v) is 12.5. The van der Waals surface area contributed by atoms with Crippen molar-refractivity contribution in [3.8, 4) is 5.75 Å². The fourth-order valence-corrected chi connectivity index (χ4v) is 5.96.